The Bertz CT molecular complexity index is 509. The van der Waals surface area contributed by atoms with Crippen molar-refractivity contribution >= 4 is 17.2 Å². The molecule has 5 nitrogen and oxygen atoms in total. The van der Waals surface area contributed by atoms with Crippen LogP contribution in [0.15, 0.2) is 18.2 Å². The lowest BCUT2D eigenvalue weighted by Crippen LogP contribution is -2.26. The molecule has 1 aliphatic carbocycles. The molecule has 1 aliphatic rings. The molecule has 5 heteroatoms. The molecule has 0 aromatic heterocycles. The summed E-state index contributed by atoms with van der Waals surface area (Å²) in [6, 6.07) is 5.42. The molecule has 0 saturated heterocycles. The number of hydrogen-bond donors (Lipinski definition) is 0. The van der Waals surface area contributed by atoms with E-state index in [2.05, 4.69) is 11.8 Å². The predicted octanol–water partition coefficient (Wildman–Crippen LogP) is 3.18. The number of ketones is 1. The number of rotatable bonds is 6. The van der Waals surface area contributed by atoms with Crippen LogP contribution in [0.5, 0.6) is 0 Å². The Balaban J connectivity index is 2.38. The summed E-state index contributed by atoms with van der Waals surface area (Å²) >= 11 is 0. The molecule has 1 saturated carbocycles. The quantitative estimate of drug-likeness (QED) is 0.448. The van der Waals surface area contributed by atoms with Crippen LogP contribution in [0, 0.1) is 10.1 Å². The molecule has 0 atom stereocenters. The smallest absolute Gasteiger partial charge is 0.282 e. The number of carbonyl (C=O) groups is 1. The molecule has 19 heavy (non-hydrogen) atoms. The second kappa shape index (κ2) is 5.38. The Morgan fingerprint density at radius 3 is 2.63 bits per heavy atom. The van der Waals surface area contributed by atoms with Crippen LogP contribution in [-0.2, 0) is 0 Å². The number of nitrogens with zero attached hydrogens (tertiary/aromatic N) is 2. The molecule has 1 aromatic carbocycles. The Morgan fingerprint density at radius 2 is 2.16 bits per heavy atom. The SMILES string of the molecule is CCCN(c1ccc(C(C)=O)c([N+](=O)[O-])c1)C1CC1. The minimum atomic E-state index is -0.475. The van der Waals surface area contributed by atoms with Gasteiger partial charge in [0, 0.05) is 24.3 Å². The largest absolute Gasteiger partial charge is 0.368 e. The number of nitro benzene ring substituents is 1. The number of benzene rings is 1. The van der Waals surface area contributed by atoms with Crippen molar-refractivity contribution in [3.8, 4) is 0 Å². The van der Waals surface area contributed by atoms with E-state index in [9.17, 15) is 14.9 Å². The minimum absolute atomic E-state index is 0.0910. The van der Waals surface area contributed by atoms with Gasteiger partial charge in [-0.2, -0.15) is 0 Å². The van der Waals surface area contributed by atoms with Crippen LogP contribution in [0.3, 0.4) is 0 Å². The molecule has 0 heterocycles. The summed E-state index contributed by atoms with van der Waals surface area (Å²) in [6.07, 6.45) is 3.28. The van der Waals surface area contributed by atoms with Crippen LogP contribution >= 0.6 is 0 Å². The lowest BCUT2D eigenvalue weighted by Gasteiger charge is -2.24. The van der Waals surface area contributed by atoms with Crippen LogP contribution in [-0.4, -0.2) is 23.3 Å². The van der Waals surface area contributed by atoms with Crippen LogP contribution in [0.4, 0.5) is 11.4 Å². The standard InChI is InChI=1S/C14H18N2O3/c1-3-8-15(11-4-5-11)12-6-7-13(10(2)17)14(9-12)16(18)19/h6-7,9,11H,3-5,8H2,1-2H3. The van der Waals surface area contributed by atoms with Gasteiger partial charge in [-0.25, -0.2) is 0 Å². The van der Waals surface area contributed by atoms with Crippen molar-refractivity contribution in [2.45, 2.75) is 39.2 Å². The van der Waals surface area contributed by atoms with Crippen molar-refractivity contribution in [2.75, 3.05) is 11.4 Å². The Morgan fingerprint density at radius 1 is 1.47 bits per heavy atom. The van der Waals surface area contributed by atoms with Gasteiger partial charge >= 0.3 is 0 Å². The molecule has 102 valence electrons. The first-order valence-electron chi connectivity index (χ1n) is 6.60. The monoisotopic (exact) mass is 262 g/mol. The van der Waals surface area contributed by atoms with E-state index in [1.54, 1.807) is 6.07 Å². The third-order valence-corrected chi connectivity index (χ3v) is 3.34. The van der Waals surface area contributed by atoms with Crippen LogP contribution in [0.1, 0.15) is 43.5 Å². The van der Waals surface area contributed by atoms with Crippen LogP contribution in [0.25, 0.3) is 0 Å². The summed E-state index contributed by atoms with van der Waals surface area (Å²) in [5.41, 5.74) is 0.939. The molecular formula is C14H18N2O3. The average Bonchev–Trinajstić information content (AvgIpc) is 3.19. The van der Waals surface area contributed by atoms with E-state index in [1.807, 2.05) is 6.07 Å². The molecule has 0 amide bonds. The molecule has 0 aliphatic heterocycles. The van der Waals surface area contributed by atoms with E-state index in [0.717, 1.165) is 31.5 Å². The van der Waals surface area contributed by atoms with Gasteiger partial charge in [-0.3, -0.25) is 14.9 Å². The number of carbonyl (C=O) groups excluding carboxylic acids is 1. The maximum atomic E-state index is 11.4. The highest BCUT2D eigenvalue weighted by molar-refractivity contribution is 5.98. The molecule has 0 spiro atoms. The molecular weight excluding hydrogens is 244 g/mol. The normalized spacial score (nSPS) is 14.2. The molecule has 0 radical (unpaired) electrons. The van der Waals surface area contributed by atoms with Gasteiger partial charge in [0.05, 0.1) is 10.5 Å². The second-order valence-electron chi connectivity index (χ2n) is 4.94. The first-order valence-corrected chi connectivity index (χ1v) is 6.60. The lowest BCUT2D eigenvalue weighted by molar-refractivity contribution is -0.385. The fourth-order valence-electron chi connectivity index (χ4n) is 2.30. The summed E-state index contributed by atoms with van der Waals surface area (Å²) in [7, 11) is 0. The van der Waals surface area contributed by atoms with Gasteiger partial charge in [-0.1, -0.05) is 6.92 Å². The Kier molecular flexibility index (Phi) is 3.83. The topological polar surface area (TPSA) is 63.5 Å². The molecule has 0 bridgehead atoms. The zero-order chi connectivity index (χ0) is 14.0. The highest BCUT2D eigenvalue weighted by Crippen LogP contribution is 2.34. The van der Waals surface area contributed by atoms with E-state index < -0.39 is 4.92 Å². The van der Waals surface area contributed by atoms with Gasteiger partial charge in [0.2, 0.25) is 0 Å². The van der Waals surface area contributed by atoms with Crippen LogP contribution in [0.2, 0.25) is 0 Å². The molecule has 2 rings (SSSR count). The number of nitro groups is 1. The first kappa shape index (κ1) is 13.5. The minimum Gasteiger partial charge on any atom is -0.368 e. The van der Waals surface area contributed by atoms with Crippen molar-refractivity contribution in [1.82, 2.24) is 0 Å². The Hall–Kier alpha value is -1.91. The van der Waals surface area contributed by atoms with Gasteiger partial charge in [0.15, 0.2) is 5.78 Å². The van der Waals surface area contributed by atoms with E-state index in [1.165, 1.54) is 13.0 Å². The highest BCUT2D eigenvalue weighted by Gasteiger charge is 2.30. The highest BCUT2D eigenvalue weighted by atomic mass is 16.6. The van der Waals surface area contributed by atoms with Gasteiger partial charge in [0.25, 0.3) is 5.69 Å². The number of Topliss-reactive ketones (excluding diaryl/α,β-unsaturated/α-hetero) is 1. The molecule has 0 unspecified atom stereocenters. The summed E-state index contributed by atoms with van der Waals surface area (Å²) in [5, 5.41) is 11.1. The van der Waals surface area contributed by atoms with Crippen molar-refractivity contribution in [3.63, 3.8) is 0 Å². The van der Waals surface area contributed by atoms with E-state index in [-0.39, 0.29) is 17.0 Å². The molecule has 1 fully saturated rings. The maximum absolute atomic E-state index is 11.4. The van der Waals surface area contributed by atoms with Crippen LogP contribution < -0.4 is 4.90 Å². The summed E-state index contributed by atoms with van der Waals surface area (Å²) in [6.45, 7) is 4.33. The van der Waals surface area contributed by atoms with Crippen molar-refractivity contribution < 1.29 is 9.72 Å². The second-order valence-corrected chi connectivity index (χ2v) is 4.94. The summed E-state index contributed by atoms with van der Waals surface area (Å²) < 4.78 is 0. The van der Waals surface area contributed by atoms with E-state index in [0.29, 0.717) is 6.04 Å². The third kappa shape index (κ3) is 2.92. The van der Waals surface area contributed by atoms with Gasteiger partial charge in [-0.15, -0.1) is 0 Å². The molecule has 0 N–H and O–H groups in total. The van der Waals surface area contributed by atoms with Gasteiger partial charge in [-0.05, 0) is 38.3 Å². The van der Waals surface area contributed by atoms with Crippen molar-refractivity contribution in [2.24, 2.45) is 0 Å². The van der Waals surface area contributed by atoms with Crippen molar-refractivity contribution in [3.05, 3.63) is 33.9 Å². The van der Waals surface area contributed by atoms with Crippen molar-refractivity contribution in [1.29, 1.82) is 0 Å². The van der Waals surface area contributed by atoms with E-state index in [4.69, 9.17) is 0 Å². The number of hydrogen-bond acceptors (Lipinski definition) is 4. The zero-order valence-corrected chi connectivity index (χ0v) is 11.3. The third-order valence-electron chi connectivity index (χ3n) is 3.34. The van der Waals surface area contributed by atoms with E-state index >= 15 is 0 Å². The maximum Gasteiger partial charge on any atom is 0.282 e. The average molecular weight is 262 g/mol. The summed E-state index contributed by atoms with van der Waals surface area (Å²) in [5.74, 6) is -0.272. The summed E-state index contributed by atoms with van der Waals surface area (Å²) in [4.78, 5) is 24.2. The molecule has 1 aromatic rings. The van der Waals surface area contributed by atoms with Gasteiger partial charge < -0.3 is 4.90 Å². The zero-order valence-electron chi connectivity index (χ0n) is 11.3. The fourth-order valence-corrected chi connectivity index (χ4v) is 2.30. The van der Waals surface area contributed by atoms with Gasteiger partial charge in [0.1, 0.15) is 0 Å². The lowest BCUT2D eigenvalue weighted by atomic mass is 10.1. The fraction of sp³-hybridized carbons (Fsp3) is 0.500. The Labute approximate surface area is 112 Å². The first-order chi connectivity index (χ1) is 9.04. The predicted molar refractivity (Wildman–Crippen MR) is 73.8 cm³/mol. The number of anilines is 1.